The van der Waals surface area contributed by atoms with E-state index in [1.807, 2.05) is 6.07 Å². The number of hydrogen-bond acceptors (Lipinski definition) is 8. The van der Waals surface area contributed by atoms with E-state index >= 15 is 0 Å². The van der Waals surface area contributed by atoms with Gasteiger partial charge in [-0.2, -0.15) is 5.26 Å². The van der Waals surface area contributed by atoms with Gasteiger partial charge in [-0.05, 0) is 32.6 Å². The molecule has 172 valence electrons. The van der Waals surface area contributed by atoms with Crippen LogP contribution in [-0.4, -0.2) is 75.5 Å². The highest BCUT2D eigenvalue weighted by atomic mass is 16.6. The third-order valence-corrected chi connectivity index (χ3v) is 5.05. The minimum atomic E-state index is -0.716. The van der Waals surface area contributed by atoms with Crippen molar-refractivity contribution in [1.29, 1.82) is 5.26 Å². The van der Waals surface area contributed by atoms with Gasteiger partial charge in [-0.25, -0.2) is 14.8 Å². The van der Waals surface area contributed by atoms with E-state index in [9.17, 15) is 19.6 Å². The molecule has 0 radical (unpaired) electrons. The minimum Gasteiger partial charge on any atom is -0.444 e. The second-order valence-corrected chi connectivity index (χ2v) is 10.4. The SMILES string of the molecule is CC(C)(C)CN1c2nc(C#N)ncc2CC1CN1C(=O)CN(C(=O)OC(C)(C)C)CC1=O. The maximum atomic E-state index is 12.8. The average molecular weight is 443 g/mol. The number of nitriles is 1. The van der Waals surface area contributed by atoms with Gasteiger partial charge in [-0.1, -0.05) is 20.8 Å². The highest BCUT2D eigenvalue weighted by molar-refractivity contribution is 6.02. The molecule has 0 N–H and O–H groups in total. The maximum absolute atomic E-state index is 12.8. The largest absolute Gasteiger partial charge is 0.444 e. The molecule has 0 aromatic carbocycles. The fourth-order valence-corrected chi connectivity index (χ4v) is 3.82. The van der Waals surface area contributed by atoms with E-state index in [1.165, 1.54) is 4.90 Å². The van der Waals surface area contributed by atoms with Crippen LogP contribution in [0.1, 0.15) is 52.9 Å². The number of imide groups is 1. The summed E-state index contributed by atoms with van der Waals surface area (Å²) in [6.07, 6.45) is 1.52. The molecular weight excluding hydrogens is 412 g/mol. The predicted octanol–water partition coefficient (Wildman–Crippen LogP) is 1.73. The standard InChI is InChI=1S/C22H30N6O4/c1-21(2,3)13-28-15(7-14-9-24-16(8-23)25-19(14)28)10-27-17(29)11-26(12-18(27)30)20(31)32-22(4,5)6/h9,15H,7,10-13H2,1-6H3. The van der Waals surface area contributed by atoms with Crippen molar-refractivity contribution in [3.63, 3.8) is 0 Å². The molecule has 3 heterocycles. The molecule has 1 fully saturated rings. The Morgan fingerprint density at radius 2 is 1.81 bits per heavy atom. The zero-order chi connectivity index (χ0) is 23.8. The number of nitrogens with zero attached hydrogens (tertiary/aromatic N) is 6. The summed E-state index contributed by atoms with van der Waals surface area (Å²) in [5.74, 6) is -0.129. The van der Waals surface area contributed by atoms with Crippen LogP contribution in [-0.2, 0) is 20.7 Å². The molecule has 2 aliphatic rings. The van der Waals surface area contributed by atoms with Gasteiger partial charge in [-0.3, -0.25) is 19.4 Å². The molecule has 0 aliphatic carbocycles. The van der Waals surface area contributed by atoms with E-state index in [-0.39, 0.29) is 36.9 Å². The number of aromatic nitrogens is 2. The second-order valence-electron chi connectivity index (χ2n) is 10.4. The summed E-state index contributed by atoms with van der Waals surface area (Å²) in [5, 5.41) is 9.19. The molecule has 1 saturated heterocycles. The number of anilines is 1. The van der Waals surface area contributed by atoms with Crippen molar-refractivity contribution in [2.24, 2.45) is 5.41 Å². The molecule has 1 aromatic rings. The van der Waals surface area contributed by atoms with E-state index < -0.39 is 23.5 Å². The molecule has 1 aromatic heterocycles. The van der Waals surface area contributed by atoms with Gasteiger partial charge in [0.1, 0.15) is 30.6 Å². The molecule has 3 amide bonds. The van der Waals surface area contributed by atoms with Crippen molar-refractivity contribution in [2.45, 2.75) is 59.6 Å². The van der Waals surface area contributed by atoms with Crippen molar-refractivity contribution in [1.82, 2.24) is 19.8 Å². The number of piperazine rings is 1. The van der Waals surface area contributed by atoms with Crippen molar-refractivity contribution in [2.75, 3.05) is 31.1 Å². The molecule has 1 atom stereocenters. The first-order valence-corrected chi connectivity index (χ1v) is 10.6. The molecule has 1 unspecified atom stereocenters. The smallest absolute Gasteiger partial charge is 0.411 e. The Morgan fingerprint density at radius 1 is 1.19 bits per heavy atom. The third-order valence-electron chi connectivity index (χ3n) is 5.05. The second kappa shape index (κ2) is 8.37. The summed E-state index contributed by atoms with van der Waals surface area (Å²) >= 11 is 0. The number of amides is 3. The van der Waals surface area contributed by atoms with Crippen LogP contribution in [0, 0.1) is 16.7 Å². The fourth-order valence-electron chi connectivity index (χ4n) is 3.82. The normalized spacial score (nSPS) is 19.2. The number of carbonyl (C=O) groups is 3. The Labute approximate surface area is 188 Å². The lowest BCUT2D eigenvalue weighted by atomic mass is 9.95. The van der Waals surface area contributed by atoms with Crippen LogP contribution < -0.4 is 4.90 Å². The van der Waals surface area contributed by atoms with Gasteiger partial charge in [0.15, 0.2) is 0 Å². The topological polar surface area (TPSA) is 120 Å². The summed E-state index contributed by atoms with van der Waals surface area (Å²) in [6, 6.07) is 1.78. The molecule has 0 bridgehead atoms. The van der Waals surface area contributed by atoms with Gasteiger partial charge in [-0.15, -0.1) is 0 Å². The molecule has 0 saturated carbocycles. The van der Waals surface area contributed by atoms with Crippen LogP contribution in [0.15, 0.2) is 6.20 Å². The van der Waals surface area contributed by atoms with Gasteiger partial charge in [0.2, 0.25) is 17.6 Å². The molecule has 2 aliphatic heterocycles. The minimum absolute atomic E-state index is 0.0823. The van der Waals surface area contributed by atoms with Crippen molar-refractivity contribution in [3.8, 4) is 6.07 Å². The average Bonchev–Trinajstić information content (AvgIpc) is 2.98. The predicted molar refractivity (Wildman–Crippen MR) is 116 cm³/mol. The summed E-state index contributed by atoms with van der Waals surface area (Å²) < 4.78 is 5.29. The van der Waals surface area contributed by atoms with E-state index in [2.05, 4.69) is 35.6 Å². The van der Waals surface area contributed by atoms with Crippen molar-refractivity contribution < 1.29 is 19.1 Å². The van der Waals surface area contributed by atoms with Crippen molar-refractivity contribution in [3.05, 3.63) is 17.6 Å². The monoisotopic (exact) mass is 442 g/mol. The van der Waals surface area contributed by atoms with E-state index in [1.54, 1.807) is 27.0 Å². The molecule has 0 spiro atoms. The lowest BCUT2D eigenvalue weighted by molar-refractivity contribution is -0.151. The van der Waals surface area contributed by atoms with Gasteiger partial charge in [0, 0.05) is 24.8 Å². The number of rotatable bonds is 3. The highest BCUT2D eigenvalue weighted by Crippen LogP contribution is 2.33. The highest BCUT2D eigenvalue weighted by Gasteiger charge is 2.40. The first-order valence-electron chi connectivity index (χ1n) is 10.6. The Kier molecular flexibility index (Phi) is 6.13. The van der Waals surface area contributed by atoms with Crippen LogP contribution in [0.2, 0.25) is 0 Å². The Morgan fingerprint density at radius 3 is 2.34 bits per heavy atom. The van der Waals surface area contributed by atoms with E-state index in [4.69, 9.17) is 4.74 Å². The number of ether oxygens (including phenoxy) is 1. The molecule has 10 nitrogen and oxygen atoms in total. The zero-order valence-corrected chi connectivity index (χ0v) is 19.5. The molecule has 3 rings (SSSR count). The Balaban J connectivity index is 1.77. The number of fused-ring (bicyclic) bond motifs is 1. The summed E-state index contributed by atoms with van der Waals surface area (Å²) in [6.45, 7) is 11.8. The van der Waals surface area contributed by atoms with Gasteiger partial charge in [0.05, 0.1) is 6.04 Å². The quantitative estimate of drug-likeness (QED) is 0.649. The summed E-state index contributed by atoms with van der Waals surface area (Å²) in [7, 11) is 0. The summed E-state index contributed by atoms with van der Waals surface area (Å²) in [5.41, 5.74) is 0.0823. The van der Waals surface area contributed by atoms with Crippen molar-refractivity contribution >= 4 is 23.7 Å². The van der Waals surface area contributed by atoms with Crippen LogP contribution in [0.3, 0.4) is 0 Å². The zero-order valence-electron chi connectivity index (χ0n) is 19.5. The Bertz CT molecular complexity index is 954. The van der Waals surface area contributed by atoms with Gasteiger partial charge in [0.25, 0.3) is 0 Å². The van der Waals surface area contributed by atoms with Crippen LogP contribution in [0.4, 0.5) is 10.6 Å². The fraction of sp³-hybridized carbons (Fsp3) is 0.636. The van der Waals surface area contributed by atoms with Crippen LogP contribution in [0.5, 0.6) is 0 Å². The molecule has 32 heavy (non-hydrogen) atoms. The molecular formula is C22H30N6O4. The third kappa shape index (κ3) is 5.33. The lowest BCUT2D eigenvalue weighted by Gasteiger charge is -2.38. The molecule has 10 heteroatoms. The lowest BCUT2D eigenvalue weighted by Crippen LogP contribution is -2.59. The van der Waals surface area contributed by atoms with Gasteiger partial charge >= 0.3 is 6.09 Å². The van der Waals surface area contributed by atoms with E-state index in [0.717, 1.165) is 10.5 Å². The number of carbonyl (C=O) groups excluding carboxylic acids is 3. The van der Waals surface area contributed by atoms with Gasteiger partial charge < -0.3 is 9.64 Å². The van der Waals surface area contributed by atoms with Crippen LogP contribution in [0.25, 0.3) is 0 Å². The summed E-state index contributed by atoms with van der Waals surface area (Å²) in [4.78, 5) is 50.8. The van der Waals surface area contributed by atoms with Crippen LogP contribution >= 0.6 is 0 Å². The maximum Gasteiger partial charge on any atom is 0.411 e. The first-order chi connectivity index (χ1) is 14.8. The number of hydrogen-bond donors (Lipinski definition) is 0. The first kappa shape index (κ1) is 23.4. The Hall–Kier alpha value is -3.22. The van der Waals surface area contributed by atoms with E-state index in [0.29, 0.717) is 18.8 Å².